The smallest absolute Gasteiger partial charge is 0.225 e. The Labute approximate surface area is 129 Å². The van der Waals surface area contributed by atoms with Gasteiger partial charge in [-0.3, -0.25) is 0 Å². The highest BCUT2D eigenvalue weighted by Crippen LogP contribution is 2.35. The summed E-state index contributed by atoms with van der Waals surface area (Å²) < 4.78 is 5.72. The van der Waals surface area contributed by atoms with Crippen molar-refractivity contribution in [1.29, 1.82) is 0 Å². The van der Waals surface area contributed by atoms with Crippen LogP contribution < -0.4 is 10.6 Å². The number of anilines is 2. The standard InChI is InChI=1S/C15H22N4OS/c1-5-10-8-11-12(17-14(16-4)18-13(11)21-10)19-15(3)6-7-20-9(15)2/h8-9H,5-7H2,1-4H3,(H2,16,17,18,19). The maximum Gasteiger partial charge on any atom is 0.225 e. The van der Waals surface area contributed by atoms with Crippen molar-refractivity contribution in [3.63, 3.8) is 0 Å². The first-order chi connectivity index (χ1) is 10.1. The molecule has 0 saturated carbocycles. The van der Waals surface area contributed by atoms with Crippen molar-refractivity contribution in [3.05, 3.63) is 10.9 Å². The van der Waals surface area contributed by atoms with Crippen LogP contribution in [-0.4, -0.2) is 35.3 Å². The number of fused-ring (bicyclic) bond motifs is 1. The number of rotatable bonds is 4. The summed E-state index contributed by atoms with van der Waals surface area (Å²) in [6, 6.07) is 2.20. The van der Waals surface area contributed by atoms with E-state index in [1.807, 2.05) is 7.05 Å². The van der Waals surface area contributed by atoms with Crippen LogP contribution in [0.4, 0.5) is 11.8 Å². The average Bonchev–Trinajstić information content (AvgIpc) is 3.03. The van der Waals surface area contributed by atoms with Crippen molar-refractivity contribution in [3.8, 4) is 0 Å². The van der Waals surface area contributed by atoms with Crippen molar-refractivity contribution in [2.45, 2.75) is 45.3 Å². The van der Waals surface area contributed by atoms with Gasteiger partial charge in [-0.15, -0.1) is 11.3 Å². The van der Waals surface area contributed by atoms with E-state index >= 15 is 0 Å². The summed E-state index contributed by atoms with van der Waals surface area (Å²) in [5.41, 5.74) is -0.0827. The van der Waals surface area contributed by atoms with E-state index in [0.717, 1.165) is 35.5 Å². The lowest BCUT2D eigenvalue weighted by Gasteiger charge is -2.29. The minimum atomic E-state index is -0.0827. The molecule has 3 rings (SSSR count). The number of hydrogen-bond acceptors (Lipinski definition) is 6. The number of ether oxygens (including phenoxy) is 1. The van der Waals surface area contributed by atoms with Gasteiger partial charge in [0, 0.05) is 18.5 Å². The van der Waals surface area contributed by atoms with Gasteiger partial charge in [-0.2, -0.15) is 4.98 Å². The Kier molecular flexibility index (Phi) is 3.75. The number of aromatic nitrogens is 2. The Morgan fingerprint density at radius 2 is 2.29 bits per heavy atom. The largest absolute Gasteiger partial charge is 0.376 e. The predicted molar refractivity (Wildman–Crippen MR) is 88.4 cm³/mol. The Morgan fingerprint density at radius 1 is 1.48 bits per heavy atom. The van der Waals surface area contributed by atoms with Gasteiger partial charge >= 0.3 is 0 Å². The van der Waals surface area contributed by atoms with Crippen LogP contribution in [0.15, 0.2) is 6.07 Å². The zero-order chi connectivity index (χ0) is 15.0. The first kappa shape index (κ1) is 14.5. The van der Waals surface area contributed by atoms with Crippen LogP contribution >= 0.6 is 11.3 Å². The molecule has 6 heteroatoms. The van der Waals surface area contributed by atoms with Gasteiger partial charge in [-0.1, -0.05) is 6.92 Å². The Bertz CT molecular complexity index is 656. The van der Waals surface area contributed by atoms with Crippen molar-refractivity contribution < 1.29 is 4.74 Å². The molecule has 1 aliphatic heterocycles. The van der Waals surface area contributed by atoms with E-state index < -0.39 is 0 Å². The Morgan fingerprint density at radius 3 is 2.90 bits per heavy atom. The summed E-state index contributed by atoms with van der Waals surface area (Å²) in [5.74, 6) is 1.56. The van der Waals surface area contributed by atoms with E-state index in [4.69, 9.17) is 4.74 Å². The van der Waals surface area contributed by atoms with Crippen LogP contribution in [0.5, 0.6) is 0 Å². The SMILES string of the molecule is CCc1cc2c(NC3(C)CCOC3C)nc(NC)nc2s1. The van der Waals surface area contributed by atoms with E-state index in [0.29, 0.717) is 5.95 Å². The van der Waals surface area contributed by atoms with Crippen molar-refractivity contribution >= 4 is 33.3 Å². The van der Waals surface area contributed by atoms with Gasteiger partial charge in [-0.25, -0.2) is 4.98 Å². The molecule has 2 aromatic rings. The lowest BCUT2D eigenvalue weighted by molar-refractivity contribution is 0.105. The minimum absolute atomic E-state index is 0.0827. The fourth-order valence-electron chi connectivity index (χ4n) is 2.62. The summed E-state index contributed by atoms with van der Waals surface area (Å²) in [6.07, 6.45) is 2.18. The molecule has 0 radical (unpaired) electrons. The average molecular weight is 306 g/mol. The third kappa shape index (κ3) is 2.58. The molecule has 5 nitrogen and oxygen atoms in total. The summed E-state index contributed by atoms with van der Waals surface area (Å²) >= 11 is 1.74. The number of aryl methyl sites for hydroxylation is 1. The van der Waals surface area contributed by atoms with E-state index in [-0.39, 0.29) is 11.6 Å². The topological polar surface area (TPSA) is 59.1 Å². The van der Waals surface area contributed by atoms with Gasteiger partial charge in [0.1, 0.15) is 10.6 Å². The van der Waals surface area contributed by atoms with Crippen molar-refractivity contribution in [2.24, 2.45) is 0 Å². The third-order valence-electron chi connectivity index (χ3n) is 4.31. The van der Waals surface area contributed by atoms with E-state index in [1.165, 1.54) is 4.88 Å². The van der Waals surface area contributed by atoms with E-state index in [9.17, 15) is 0 Å². The number of nitrogens with zero attached hydrogens (tertiary/aromatic N) is 2. The zero-order valence-electron chi connectivity index (χ0n) is 13.0. The molecule has 0 aromatic carbocycles. The van der Waals surface area contributed by atoms with E-state index in [1.54, 1.807) is 11.3 Å². The van der Waals surface area contributed by atoms with Crippen LogP contribution in [0.25, 0.3) is 10.2 Å². The second-order valence-corrected chi connectivity index (χ2v) is 6.85. The maximum absolute atomic E-state index is 5.72. The molecule has 1 saturated heterocycles. The predicted octanol–water partition coefficient (Wildman–Crippen LogP) is 3.27. The summed E-state index contributed by atoms with van der Waals surface area (Å²) in [4.78, 5) is 11.6. The number of thiophene rings is 1. The van der Waals surface area contributed by atoms with Gasteiger partial charge in [0.05, 0.1) is 17.0 Å². The Balaban J connectivity index is 2.05. The third-order valence-corrected chi connectivity index (χ3v) is 5.48. The molecule has 0 amide bonds. The zero-order valence-corrected chi connectivity index (χ0v) is 13.8. The van der Waals surface area contributed by atoms with Gasteiger partial charge in [0.2, 0.25) is 5.95 Å². The van der Waals surface area contributed by atoms with Crippen LogP contribution in [0.2, 0.25) is 0 Å². The lowest BCUT2D eigenvalue weighted by Crippen LogP contribution is -2.41. The van der Waals surface area contributed by atoms with Crippen LogP contribution in [-0.2, 0) is 11.2 Å². The molecule has 114 valence electrons. The number of nitrogens with one attached hydrogen (secondary N) is 2. The molecular formula is C15H22N4OS. The van der Waals surface area contributed by atoms with Gasteiger partial charge in [0.15, 0.2) is 0 Å². The van der Waals surface area contributed by atoms with Gasteiger partial charge < -0.3 is 15.4 Å². The van der Waals surface area contributed by atoms with Crippen molar-refractivity contribution in [1.82, 2.24) is 9.97 Å². The highest BCUT2D eigenvalue weighted by atomic mass is 32.1. The van der Waals surface area contributed by atoms with Gasteiger partial charge in [0.25, 0.3) is 0 Å². The monoisotopic (exact) mass is 306 g/mol. The normalized spacial score (nSPS) is 25.4. The maximum atomic E-state index is 5.72. The van der Waals surface area contributed by atoms with Gasteiger partial charge in [-0.05, 0) is 32.8 Å². The molecule has 0 spiro atoms. The quantitative estimate of drug-likeness (QED) is 0.908. The molecule has 1 aliphatic rings. The highest BCUT2D eigenvalue weighted by molar-refractivity contribution is 7.18. The fourth-order valence-corrected chi connectivity index (χ4v) is 3.59. The molecule has 3 heterocycles. The highest BCUT2D eigenvalue weighted by Gasteiger charge is 2.37. The molecule has 21 heavy (non-hydrogen) atoms. The van der Waals surface area contributed by atoms with Crippen molar-refractivity contribution in [2.75, 3.05) is 24.3 Å². The first-order valence-electron chi connectivity index (χ1n) is 7.43. The molecular weight excluding hydrogens is 284 g/mol. The van der Waals surface area contributed by atoms with E-state index in [2.05, 4.69) is 47.4 Å². The summed E-state index contributed by atoms with van der Waals surface area (Å²) in [7, 11) is 1.85. The molecule has 0 bridgehead atoms. The lowest BCUT2D eigenvalue weighted by atomic mass is 9.94. The van der Waals surface area contributed by atoms with Crippen LogP contribution in [0.3, 0.4) is 0 Å². The number of hydrogen-bond donors (Lipinski definition) is 2. The minimum Gasteiger partial charge on any atom is -0.376 e. The molecule has 2 aromatic heterocycles. The second-order valence-electron chi connectivity index (χ2n) is 5.74. The second kappa shape index (κ2) is 5.42. The summed E-state index contributed by atoms with van der Waals surface area (Å²) in [6.45, 7) is 7.27. The molecule has 2 unspecified atom stereocenters. The molecule has 2 N–H and O–H groups in total. The summed E-state index contributed by atoms with van der Waals surface area (Å²) in [5, 5.41) is 7.77. The fraction of sp³-hybridized carbons (Fsp3) is 0.600. The first-order valence-corrected chi connectivity index (χ1v) is 8.25. The van der Waals surface area contributed by atoms with Crippen LogP contribution in [0.1, 0.15) is 32.1 Å². The van der Waals surface area contributed by atoms with Crippen LogP contribution in [0, 0.1) is 0 Å². The molecule has 2 atom stereocenters. The Hall–Kier alpha value is -1.40. The molecule has 0 aliphatic carbocycles. The molecule has 1 fully saturated rings.